The summed E-state index contributed by atoms with van der Waals surface area (Å²) in [6.45, 7) is 0. The number of Topliss-reactive ketones (excluding diaryl/α,β-unsaturated/α-hetero) is 1. The number of alkyl halides is 6. The van der Waals surface area contributed by atoms with Crippen LogP contribution in [0.5, 0.6) is 11.5 Å². The lowest BCUT2D eigenvalue weighted by Crippen LogP contribution is -2.32. The average molecular weight is 590 g/mol. The molecule has 2 aromatic carbocycles. The highest BCUT2D eigenvalue weighted by atomic mass is 32.2. The lowest BCUT2D eigenvalue weighted by atomic mass is 9.79. The van der Waals surface area contributed by atoms with Crippen LogP contribution in [-0.4, -0.2) is 39.0 Å². The lowest BCUT2D eigenvalue weighted by Gasteiger charge is -2.33. The van der Waals surface area contributed by atoms with E-state index in [-0.39, 0.29) is 22.0 Å². The smallest absolute Gasteiger partial charge is 0.406 e. The number of dihydropyridines is 1. The van der Waals surface area contributed by atoms with Crippen molar-refractivity contribution in [2.45, 2.75) is 44.3 Å². The standard InChI is InChI=1S/C18H16F3NO4S.C8H5F3O2/c19-18(20,21)26-11-4-1-3-10(9-11)15-16-12(5-2-6-14(16)23)22-13-7-8-27(24,25)17(13)15;9-8(10,11)13-7-3-1-2-6(4-7)5-12/h1,3-4,9,15,22H,2,5-8H2;1-5H. The Balaban J connectivity index is 0.000000240. The topological polar surface area (TPSA) is 98.8 Å². The van der Waals surface area contributed by atoms with Crippen molar-refractivity contribution in [3.8, 4) is 11.5 Å². The van der Waals surface area contributed by atoms with Crippen molar-refractivity contribution in [3.05, 3.63) is 81.5 Å². The maximum atomic E-state index is 12.6. The first-order valence-corrected chi connectivity index (χ1v) is 13.5. The monoisotopic (exact) mass is 589 g/mol. The Morgan fingerprint density at radius 3 is 2.10 bits per heavy atom. The van der Waals surface area contributed by atoms with Crippen LogP contribution in [0, 0.1) is 0 Å². The Labute approximate surface area is 224 Å². The van der Waals surface area contributed by atoms with Crippen LogP contribution in [-0.2, 0) is 14.6 Å². The number of allylic oxidation sites excluding steroid dienone is 4. The molecular formula is C26H21F6NO6S. The molecule has 0 saturated heterocycles. The summed E-state index contributed by atoms with van der Waals surface area (Å²) in [4.78, 5) is 22.9. The van der Waals surface area contributed by atoms with E-state index >= 15 is 0 Å². The van der Waals surface area contributed by atoms with Gasteiger partial charge in [0.15, 0.2) is 15.6 Å². The number of benzene rings is 2. The van der Waals surface area contributed by atoms with E-state index in [1.165, 1.54) is 24.3 Å². The zero-order chi connectivity index (χ0) is 29.3. The van der Waals surface area contributed by atoms with Gasteiger partial charge in [-0.1, -0.05) is 24.3 Å². The van der Waals surface area contributed by atoms with Crippen molar-refractivity contribution < 1.29 is 53.8 Å². The number of halogens is 6. The van der Waals surface area contributed by atoms with E-state index in [1.807, 2.05) is 0 Å². The summed E-state index contributed by atoms with van der Waals surface area (Å²) in [5, 5.41) is 3.10. The minimum Gasteiger partial charge on any atom is -0.406 e. The summed E-state index contributed by atoms with van der Waals surface area (Å²) in [7, 11) is -3.60. The highest BCUT2D eigenvalue weighted by Gasteiger charge is 2.44. The van der Waals surface area contributed by atoms with Gasteiger partial charge in [0.05, 0.1) is 16.6 Å². The van der Waals surface area contributed by atoms with Crippen molar-refractivity contribution >= 4 is 21.9 Å². The van der Waals surface area contributed by atoms with Crippen molar-refractivity contribution in [2.75, 3.05) is 5.75 Å². The van der Waals surface area contributed by atoms with Crippen LogP contribution in [0.25, 0.3) is 0 Å². The fourth-order valence-corrected chi connectivity index (χ4v) is 6.61. The number of nitrogens with one attached hydrogen (secondary N) is 1. The molecule has 7 nitrogen and oxygen atoms in total. The molecule has 1 aliphatic carbocycles. The lowest BCUT2D eigenvalue weighted by molar-refractivity contribution is -0.275. The van der Waals surface area contributed by atoms with Crippen LogP contribution in [0.1, 0.15) is 47.5 Å². The molecule has 2 heterocycles. The highest BCUT2D eigenvalue weighted by molar-refractivity contribution is 7.95. The van der Waals surface area contributed by atoms with E-state index < -0.39 is 40.0 Å². The Morgan fingerprint density at radius 2 is 1.48 bits per heavy atom. The van der Waals surface area contributed by atoms with E-state index in [0.29, 0.717) is 54.5 Å². The summed E-state index contributed by atoms with van der Waals surface area (Å²) < 4.78 is 106. The van der Waals surface area contributed by atoms with Crippen LogP contribution >= 0.6 is 0 Å². The number of aldehydes is 1. The van der Waals surface area contributed by atoms with E-state index in [9.17, 15) is 44.3 Å². The maximum absolute atomic E-state index is 12.6. The molecule has 1 atom stereocenters. The van der Waals surface area contributed by atoms with Gasteiger partial charge < -0.3 is 14.8 Å². The molecule has 0 amide bonds. The Kier molecular flexibility index (Phi) is 8.01. The number of carbonyl (C=O) groups excluding carboxylic acids is 2. The molecule has 2 aromatic rings. The van der Waals surface area contributed by atoms with Crippen LogP contribution in [0.15, 0.2) is 70.4 Å². The first-order valence-electron chi connectivity index (χ1n) is 11.8. The summed E-state index contributed by atoms with van der Waals surface area (Å²) in [5.41, 5.74) is 2.00. The van der Waals surface area contributed by atoms with Gasteiger partial charge >= 0.3 is 12.7 Å². The van der Waals surface area contributed by atoms with Gasteiger partial charge in [-0.2, -0.15) is 0 Å². The molecule has 0 saturated carbocycles. The van der Waals surface area contributed by atoms with Gasteiger partial charge in [0.25, 0.3) is 0 Å². The number of hydrogen-bond donors (Lipinski definition) is 1. The molecule has 5 rings (SSSR count). The number of ether oxygens (including phenoxy) is 2. The molecule has 214 valence electrons. The molecule has 3 aliphatic rings. The van der Waals surface area contributed by atoms with Gasteiger partial charge in [0, 0.05) is 35.4 Å². The van der Waals surface area contributed by atoms with Crippen molar-refractivity contribution in [1.82, 2.24) is 5.32 Å². The number of ketones is 1. The van der Waals surface area contributed by atoms with Crippen LogP contribution < -0.4 is 14.8 Å². The molecular weight excluding hydrogens is 568 g/mol. The predicted octanol–water partition coefficient (Wildman–Crippen LogP) is 5.71. The fourth-order valence-electron chi connectivity index (χ4n) is 4.77. The second-order valence-corrected chi connectivity index (χ2v) is 11.1. The SMILES string of the molecule is O=C1CCCC2=C1C(c1cccc(OC(F)(F)F)c1)C1=C(CCS1(=O)=O)N2.O=Cc1cccc(OC(F)(F)F)c1. The molecule has 0 fully saturated rings. The molecule has 2 aliphatic heterocycles. The van der Waals surface area contributed by atoms with E-state index in [1.54, 1.807) is 0 Å². The minimum absolute atomic E-state index is 0.0747. The van der Waals surface area contributed by atoms with E-state index in [4.69, 9.17) is 0 Å². The van der Waals surface area contributed by atoms with Crippen LogP contribution in [0.2, 0.25) is 0 Å². The molecule has 1 N–H and O–H groups in total. The predicted molar refractivity (Wildman–Crippen MR) is 129 cm³/mol. The van der Waals surface area contributed by atoms with Gasteiger partial charge in [0.2, 0.25) is 0 Å². The summed E-state index contributed by atoms with van der Waals surface area (Å²) in [6, 6.07) is 10.0. The van der Waals surface area contributed by atoms with Gasteiger partial charge in [-0.3, -0.25) is 9.59 Å². The largest absolute Gasteiger partial charge is 0.573 e. The number of hydrogen-bond acceptors (Lipinski definition) is 7. The molecule has 0 spiro atoms. The van der Waals surface area contributed by atoms with Gasteiger partial charge in [-0.25, -0.2) is 8.42 Å². The molecule has 40 heavy (non-hydrogen) atoms. The maximum Gasteiger partial charge on any atom is 0.573 e. The second kappa shape index (κ2) is 11.0. The van der Waals surface area contributed by atoms with Gasteiger partial charge in [0.1, 0.15) is 17.8 Å². The first kappa shape index (κ1) is 29.2. The van der Waals surface area contributed by atoms with Crippen molar-refractivity contribution in [3.63, 3.8) is 0 Å². The van der Waals surface area contributed by atoms with Crippen molar-refractivity contribution in [2.24, 2.45) is 0 Å². The quantitative estimate of drug-likeness (QED) is 0.361. The Bertz CT molecular complexity index is 1490. The van der Waals surface area contributed by atoms with Gasteiger partial charge in [-0.05, 0) is 42.7 Å². The zero-order valence-corrected chi connectivity index (χ0v) is 21.3. The number of carbonyl (C=O) groups is 2. The normalized spacial score (nSPS) is 20.1. The molecule has 0 aromatic heterocycles. The first-order chi connectivity index (χ1) is 18.7. The fraction of sp³-hybridized carbons (Fsp3) is 0.308. The average Bonchev–Trinajstić information content (AvgIpc) is 3.15. The van der Waals surface area contributed by atoms with Crippen LogP contribution in [0.4, 0.5) is 26.3 Å². The third-order valence-corrected chi connectivity index (χ3v) is 8.11. The molecule has 0 radical (unpaired) electrons. The third-order valence-electron chi connectivity index (χ3n) is 6.21. The van der Waals surface area contributed by atoms with Crippen LogP contribution in [0.3, 0.4) is 0 Å². The molecule has 14 heteroatoms. The summed E-state index contributed by atoms with van der Waals surface area (Å²) in [5.74, 6) is -1.98. The van der Waals surface area contributed by atoms with E-state index in [0.717, 1.165) is 24.3 Å². The third kappa shape index (κ3) is 6.84. The Hall–Kier alpha value is -3.81. The summed E-state index contributed by atoms with van der Waals surface area (Å²) in [6.07, 6.45) is -7.28. The molecule has 1 unspecified atom stereocenters. The second-order valence-electron chi connectivity index (χ2n) is 9.00. The Morgan fingerprint density at radius 1 is 0.850 bits per heavy atom. The molecule has 0 bridgehead atoms. The minimum atomic E-state index is -4.86. The van der Waals surface area contributed by atoms with Crippen molar-refractivity contribution in [1.29, 1.82) is 0 Å². The highest BCUT2D eigenvalue weighted by Crippen LogP contribution is 2.48. The summed E-state index contributed by atoms with van der Waals surface area (Å²) >= 11 is 0. The number of rotatable bonds is 4. The van der Waals surface area contributed by atoms with E-state index in [2.05, 4.69) is 14.8 Å². The number of sulfone groups is 1. The zero-order valence-electron chi connectivity index (χ0n) is 20.4. The van der Waals surface area contributed by atoms with Gasteiger partial charge in [-0.15, -0.1) is 26.3 Å².